The zero-order valence-corrected chi connectivity index (χ0v) is 24.9. The number of thiophene rings is 1. The summed E-state index contributed by atoms with van der Waals surface area (Å²) in [6, 6.07) is 11.2. The predicted molar refractivity (Wildman–Crippen MR) is 150 cm³/mol. The van der Waals surface area contributed by atoms with Crippen molar-refractivity contribution in [2.45, 2.75) is 82.7 Å². The highest BCUT2D eigenvalue weighted by atomic mass is 32.1. The van der Waals surface area contributed by atoms with Crippen molar-refractivity contribution in [3.8, 4) is 0 Å². The van der Waals surface area contributed by atoms with E-state index in [-0.39, 0.29) is 28.5 Å². The zero-order valence-electron chi connectivity index (χ0n) is 23.1. The maximum absolute atomic E-state index is 15.8. The number of nitrogens with zero attached hydrogens (tertiary/aromatic N) is 1. The van der Waals surface area contributed by atoms with Crippen molar-refractivity contribution in [1.82, 2.24) is 4.90 Å². The average Bonchev–Trinajstić information content (AvgIpc) is 3.48. The average molecular weight is 564 g/mol. The molecule has 208 valence electrons. The minimum atomic E-state index is -3.22. The second-order valence-corrected chi connectivity index (χ2v) is 17.2. The summed E-state index contributed by atoms with van der Waals surface area (Å²) in [6.07, 6.45) is 4.18. The molecule has 1 aromatic carbocycles. The Bertz CT molecular complexity index is 1130. The van der Waals surface area contributed by atoms with Crippen LogP contribution in [-0.4, -0.2) is 50.9 Å². The van der Waals surface area contributed by atoms with Crippen LogP contribution in [0.15, 0.2) is 54.6 Å². The number of esters is 1. The fourth-order valence-electron chi connectivity index (χ4n) is 4.17. The Hall–Kier alpha value is -2.36. The van der Waals surface area contributed by atoms with Crippen molar-refractivity contribution in [3.05, 3.63) is 69.9 Å². The number of halogens is 2. The molecule has 38 heavy (non-hydrogen) atoms. The van der Waals surface area contributed by atoms with Crippen LogP contribution in [0.4, 0.5) is 8.78 Å². The molecule has 1 saturated heterocycles. The van der Waals surface area contributed by atoms with E-state index in [1.807, 2.05) is 39.9 Å². The largest absolute Gasteiger partial charge is 0.465 e. The number of aryl methyl sites for hydroxylation is 1. The van der Waals surface area contributed by atoms with Gasteiger partial charge in [0.1, 0.15) is 11.0 Å². The summed E-state index contributed by atoms with van der Waals surface area (Å²) in [6.45, 7) is 10.5. The summed E-state index contributed by atoms with van der Waals surface area (Å²) in [4.78, 5) is 27.7. The van der Waals surface area contributed by atoms with Crippen LogP contribution in [0.2, 0.25) is 18.1 Å². The number of hydrogen-bond acceptors (Lipinski definition) is 5. The van der Waals surface area contributed by atoms with E-state index in [0.717, 1.165) is 4.88 Å². The molecule has 1 aliphatic heterocycles. The van der Waals surface area contributed by atoms with Gasteiger partial charge in [-0.3, -0.25) is 4.79 Å². The van der Waals surface area contributed by atoms with Gasteiger partial charge in [-0.05, 0) is 49.5 Å². The van der Waals surface area contributed by atoms with E-state index in [4.69, 9.17) is 9.16 Å². The highest BCUT2D eigenvalue weighted by molar-refractivity contribution is 7.13. The fraction of sp³-hybridized carbons (Fsp3) is 0.517. The highest BCUT2D eigenvalue weighted by Crippen LogP contribution is 2.42. The van der Waals surface area contributed by atoms with Crippen molar-refractivity contribution in [1.29, 1.82) is 0 Å². The maximum Gasteiger partial charge on any atom is 0.348 e. The van der Waals surface area contributed by atoms with Gasteiger partial charge in [-0.1, -0.05) is 63.3 Å². The summed E-state index contributed by atoms with van der Waals surface area (Å²) in [7, 11) is -1.18. The number of likely N-dealkylation sites (tertiary alicyclic amines) is 1. The van der Waals surface area contributed by atoms with E-state index in [1.54, 1.807) is 35.2 Å². The third kappa shape index (κ3) is 7.18. The number of carbonyl (C=O) groups is 2. The van der Waals surface area contributed by atoms with Gasteiger partial charge in [0.05, 0.1) is 13.2 Å². The topological polar surface area (TPSA) is 55.8 Å². The van der Waals surface area contributed by atoms with Gasteiger partial charge in [0.25, 0.3) is 0 Å². The molecule has 1 aliphatic rings. The van der Waals surface area contributed by atoms with Crippen molar-refractivity contribution in [2.75, 3.05) is 13.7 Å². The molecule has 1 aromatic heterocycles. The van der Waals surface area contributed by atoms with Crippen molar-refractivity contribution >= 4 is 31.5 Å². The van der Waals surface area contributed by atoms with Crippen molar-refractivity contribution < 1.29 is 27.5 Å². The van der Waals surface area contributed by atoms with E-state index in [2.05, 4.69) is 0 Å². The zero-order chi connectivity index (χ0) is 28.1. The molecule has 1 unspecified atom stereocenters. The Kier molecular flexibility index (Phi) is 9.70. The Morgan fingerprint density at radius 3 is 2.50 bits per heavy atom. The molecule has 1 amide bonds. The van der Waals surface area contributed by atoms with E-state index >= 15 is 8.78 Å². The lowest BCUT2D eigenvalue weighted by Gasteiger charge is -2.40. The quantitative estimate of drug-likeness (QED) is 0.165. The molecule has 2 atom stereocenters. The molecule has 0 saturated carbocycles. The number of alkyl halides is 2. The van der Waals surface area contributed by atoms with E-state index in [0.29, 0.717) is 37.1 Å². The van der Waals surface area contributed by atoms with Crippen molar-refractivity contribution in [3.63, 3.8) is 0 Å². The first-order valence-corrected chi connectivity index (χ1v) is 16.7. The SMILES string of the molecule is COC(=O)c1ccc(CCCN2C(=O)CC[C@@H]2/C=C/C(O[Si](C)(C)C(C)(C)C)C(F)(F)c2ccccc2)s1. The lowest BCUT2D eigenvalue weighted by Crippen LogP contribution is -2.48. The summed E-state index contributed by atoms with van der Waals surface area (Å²) in [5.41, 5.74) is -0.0880. The van der Waals surface area contributed by atoms with Crippen LogP contribution in [0.5, 0.6) is 0 Å². The molecule has 0 aliphatic carbocycles. The van der Waals surface area contributed by atoms with Gasteiger partial charge in [0.15, 0.2) is 8.32 Å². The standard InChI is InChI=1S/C29H39F2NO4SSi/c1-28(2,3)38(5,6)36-25(29(30,31)21-11-8-7-9-12-21)18-14-22-15-19-26(33)32(22)20-10-13-23-16-17-24(37-23)27(34)35-4/h7-9,11-12,14,16-18,22,25H,10,13,15,19-20H2,1-6H3/b18-14+/t22-,25?/m0/s1. The van der Waals surface area contributed by atoms with Gasteiger partial charge in [0.2, 0.25) is 5.91 Å². The molecule has 0 radical (unpaired) electrons. The van der Waals surface area contributed by atoms with Crippen LogP contribution < -0.4 is 0 Å². The molecule has 0 spiro atoms. The number of carbonyl (C=O) groups excluding carboxylic acids is 2. The van der Waals surface area contributed by atoms with Crippen LogP contribution >= 0.6 is 11.3 Å². The molecular formula is C29H39F2NO4SSi. The van der Waals surface area contributed by atoms with Gasteiger partial charge in [0, 0.05) is 23.4 Å². The Morgan fingerprint density at radius 2 is 1.87 bits per heavy atom. The van der Waals surface area contributed by atoms with E-state index in [1.165, 1.54) is 36.7 Å². The molecule has 3 rings (SSSR count). The van der Waals surface area contributed by atoms with Crippen molar-refractivity contribution in [2.24, 2.45) is 0 Å². The van der Waals surface area contributed by atoms with Crippen LogP contribution in [-0.2, 0) is 26.3 Å². The summed E-state index contributed by atoms with van der Waals surface area (Å²) < 4.78 is 42.6. The first-order chi connectivity index (χ1) is 17.8. The number of rotatable bonds is 11. The Morgan fingerprint density at radius 1 is 1.18 bits per heavy atom. The molecule has 0 N–H and O–H groups in total. The second kappa shape index (κ2) is 12.2. The number of benzene rings is 1. The van der Waals surface area contributed by atoms with E-state index < -0.39 is 20.3 Å². The molecule has 2 aromatic rings. The number of ether oxygens (including phenoxy) is 1. The van der Waals surface area contributed by atoms with Crippen LogP contribution in [0.25, 0.3) is 0 Å². The minimum absolute atomic E-state index is 0.0257. The van der Waals surface area contributed by atoms with Gasteiger partial charge >= 0.3 is 11.9 Å². The minimum Gasteiger partial charge on any atom is -0.465 e. The second-order valence-electron chi connectivity index (χ2n) is 11.2. The van der Waals surface area contributed by atoms with Gasteiger partial charge in [-0.25, -0.2) is 4.79 Å². The molecule has 9 heteroatoms. The van der Waals surface area contributed by atoms with E-state index in [9.17, 15) is 9.59 Å². The summed E-state index contributed by atoms with van der Waals surface area (Å²) in [5, 5.41) is -0.239. The first-order valence-electron chi connectivity index (χ1n) is 13.0. The molecule has 1 fully saturated rings. The van der Waals surface area contributed by atoms with Gasteiger partial charge < -0.3 is 14.1 Å². The lowest BCUT2D eigenvalue weighted by atomic mass is 10.0. The summed E-state index contributed by atoms with van der Waals surface area (Å²) in [5.74, 6) is -3.56. The third-order valence-electron chi connectivity index (χ3n) is 7.50. The molecule has 0 bridgehead atoms. The Labute approximate surface area is 230 Å². The third-order valence-corrected chi connectivity index (χ3v) is 13.1. The van der Waals surface area contributed by atoms with Crippen LogP contribution in [0.3, 0.4) is 0 Å². The smallest absolute Gasteiger partial charge is 0.348 e. The lowest BCUT2D eigenvalue weighted by molar-refractivity contribution is -0.128. The molecular weight excluding hydrogens is 524 g/mol. The van der Waals surface area contributed by atoms with Gasteiger partial charge in [-0.15, -0.1) is 11.3 Å². The number of methoxy groups -OCH3 is 1. The normalized spacial score (nSPS) is 17.8. The summed E-state index contributed by atoms with van der Waals surface area (Å²) >= 11 is 1.38. The predicted octanol–water partition coefficient (Wildman–Crippen LogP) is 7.20. The first kappa shape index (κ1) is 30.2. The molecule has 2 heterocycles. The number of hydrogen-bond donors (Lipinski definition) is 0. The number of amides is 1. The van der Waals surface area contributed by atoms with Crippen LogP contribution in [0.1, 0.15) is 60.1 Å². The molecule has 5 nitrogen and oxygen atoms in total. The highest BCUT2D eigenvalue weighted by Gasteiger charge is 2.47. The fourth-order valence-corrected chi connectivity index (χ4v) is 6.36. The monoisotopic (exact) mass is 563 g/mol. The maximum atomic E-state index is 15.8. The van der Waals surface area contributed by atoms with Crippen LogP contribution in [0, 0.1) is 0 Å². The van der Waals surface area contributed by atoms with Gasteiger partial charge in [-0.2, -0.15) is 8.78 Å². The Balaban J connectivity index is 1.75.